The van der Waals surface area contributed by atoms with Crippen molar-refractivity contribution in [3.8, 4) is 0 Å². The molecule has 2 fully saturated rings. The lowest BCUT2D eigenvalue weighted by molar-refractivity contribution is 0.681. The maximum Gasteiger partial charge on any atom is 0.228 e. The van der Waals surface area contributed by atoms with Crippen LogP contribution >= 0.6 is 68.8 Å². The molecule has 4 N–H and O–H groups in total. The first-order valence-electron chi connectivity index (χ1n) is 23.1. The molecular weight excluding hydrogens is 1040 g/mol. The van der Waals surface area contributed by atoms with Gasteiger partial charge in [0.2, 0.25) is 16.5 Å². The number of hydrogen-bond donors (Lipinski definition) is 3. The zero-order chi connectivity index (χ0) is 50.7. The van der Waals surface area contributed by atoms with Gasteiger partial charge in [-0.05, 0) is 107 Å². The number of aryl methyl sites for hydroxylation is 3. The van der Waals surface area contributed by atoms with Gasteiger partial charge in [0, 0.05) is 70.3 Å². The molecule has 11 aromatic heterocycles. The van der Waals surface area contributed by atoms with E-state index in [9.17, 15) is 0 Å². The Morgan fingerprint density at radius 3 is 1.62 bits per heavy atom. The number of nitrogen functional groups attached to an aromatic ring is 1. The average Bonchev–Trinajstić information content (AvgIpc) is 4.23. The molecule has 374 valence electrons. The van der Waals surface area contributed by atoms with Crippen LogP contribution in [0.15, 0.2) is 121 Å². The van der Waals surface area contributed by atoms with E-state index in [0.717, 1.165) is 85.1 Å². The summed E-state index contributed by atoms with van der Waals surface area (Å²) in [7, 11) is 5.74. The number of anilines is 6. The van der Waals surface area contributed by atoms with Crippen LogP contribution < -0.4 is 21.3 Å². The summed E-state index contributed by atoms with van der Waals surface area (Å²) in [5.41, 5.74) is 10.2. The first kappa shape index (κ1) is 51.0. The fourth-order valence-electron chi connectivity index (χ4n) is 8.14. The lowest BCUT2D eigenvalue weighted by Crippen LogP contribution is -2.25. The van der Waals surface area contributed by atoms with Gasteiger partial charge in [-0.1, -0.05) is 36.6 Å². The molecule has 1 aliphatic carbocycles. The number of imidazole rings is 3. The highest BCUT2D eigenvalue weighted by atomic mass is 35.5. The second kappa shape index (κ2) is 24.2. The van der Waals surface area contributed by atoms with Crippen molar-refractivity contribution in [1.29, 1.82) is 0 Å². The van der Waals surface area contributed by atoms with E-state index in [0.29, 0.717) is 16.8 Å². The third-order valence-electron chi connectivity index (χ3n) is 11.4. The fourth-order valence-corrected chi connectivity index (χ4v) is 11.1. The Hall–Kier alpha value is -6.88. The minimum Gasteiger partial charge on any atom is -0.382 e. The van der Waals surface area contributed by atoms with Crippen molar-refractivity contribution >= 4 is 135 Å². The molecule has 12 heterocycles. The second-order valence-electron chi connectivity index (χ2n) is 16.8. The molecule has 1 unspecified atom stereocenters. The molecule has 0 bridgehead atoms. The van der Waals surface area contributed by atoms with E-state index >= 15 is 0 Å². The van der Waals surface area contributed by atoms with Crippen molar-refractivity contribution in [3.63, 3.8) is 0 Å². The molecule has 24 heteroatoms. The van der Waals surface area contributed by atoms with E-state index in [1.54, 1.807) is 52.4 Å². The van der Waals surface area contributed by atoms with Crippen LogP contribution in [-0.2, 0) is 21.1 Å². The van der Waals surface area contributed by atoms with Crippen LogP contribution in [0.3, 0.4) is 0 Å². The number of rotatable bonds is 7. The zero-order valence-electron chi connectivity index (χ0n) is 39.8. The number of nitrogens with zero attached hydrogens (tertiary/aromatic N) is 15. The minimum atomic E-state index is 0.195. The first-order valence-corrected chi connectivity index (χ1v) is 26.8. The molecule has 18 nitrogen and oxygen atoms in total. The largest absolute Gasteiger partial charge is 0.382 e. The van der Waals surface area contributed by atoms with E-state index < -0.39 is 0 Å². The molecule has 13 rings (SSSR count). The van der Waals surface area contributed by atoms with Crippen molar-refractivity contribution in [2.75, 3.05) is 27.8 Å². The van der Waals surface area contributed by atoms with Gasteiger partial charge in [-0.3, -0.25) is 9.97 Å². The van der Waals surface area contributed by atoms with Gasteiger partial charge in [-0.15, -0.1) is 34.0 Å². The number of nitrogens with one attached hydrogen (secondary N) is 2. The number of pyridine rings is 2. The third-order valence-corrected chi connectivity index (χ3v) is 14.9. The monoisotopic (exact) mass is 1090 g/mol. The molecule has 0 radical (unpaired) electrons. The summed E-state index contributed by atoms with van der Waals surface area (Å²) in [5, 5.41) is 13.3. The Morgan fingerprint density at radius 1 is 0.548 bits per heavy atom. The van der Waals surface area contributed by atoms with Gasteiger partial charge in [-0.25, -0.2) is 34.9 Å². The van der Waals surface area contributed by atoms with Gasteiger partial charge in [0.25, 0.3) is 0 Å². The molecule has 1 saturated heterocycles. The van der Waals surface area contributed by atoms with E-state index in [2.05, 4.69) is 78.6 Å². The van der Waals surface area contributed by atoms with Gasteiger partial charge in [0.1, 0.15) is 17.5 Å². The van der Waals surface area contributed by atoms with Crippen LogP contribution in [0.25, 0.3) is 30.6 Å². The molecule has 0 amide bonds. The van der Waals surface area contributed by atoms with Crippen molar-refractivity contribution in [3.05, 3.63) is 148 Å². The zero-order valence-corrected chi connectivity index (χ0v) is 44.5. The molecule has 11 aromatic rings. The van der Waals surface area contributed by atoms with Crippen LogP contribution in [-0.4, -0.2) is 75.1 Å². The standard InChI is InChI=1S/C19H19N7S.C10H8ClN5S.C10H13N.C6H2Cl2N2S.C4H7N3/c1-25-11-16(21-12-25)23-18-17-14(7-10-27-17)22-19(24-18)26-9-4-6-15(26)13-5-2-3-8-20-13;1-16-4-7(12-5-16)14-9-8-6(2-3-17-8)13-10(11)15-9;1-2-6-9(5-1)10-7-3-4-8-11-10;7-5-4-3(1-2-11-4)9-6(8)10-5;1-7-2-4(5)6-3-7/h2-3,5,7-8,10-12,15H,4,6,9H2,1H3,(H,22,23,24);2-5H,1H3,(H,13,14,15);3-4,7-9H,1-2,5-6H2;1-2H;2-3H,5H2,1H3. The number of aromatic nitrogens is 14. The fraction of sp³-hybridized carbons (Fsp3) is 0.245. The highest BCUT2D eigenvalue weighted by molar-refractivity contribution is 7.18. The van der Waals surface area contributed by atoms with Crippen molar-refractivity contribution in [2.24, 2.45) is 21.1 Å². The van der Waals surface area contributed by atoms with Gasteiger partial charge in [-0.2, -0.15) is 9.97 Å². The van der Waals surface area contributed by atoms with Crippen molar-refractivity contribution in [2.45, 2.75) is 50.5 Å². The second-order valence-corrected chi connectivity index (χ2v) is 20.6. The Labute approximate surface area is 447 Å². The Bertz CT molecular complexity index is 3480. The highest BCUT2D eigenvalue weighted by Crippen LogP contribution is 2.37. The van der Waals surface area contributed by atoms with Gasteiger partial charge in [0.15, 0.2) is 16.8 Å². The predicted molar refractivity (Wildman–Crippen MR) is 297 cm³/mol. The SMILES string of the molecule is Clc1nc(Cl)c2sccc2n1.Cn1cnc(N)c1.Cn1cnc(Nc2nc(Cl)nc3ccsc23)c1.Cn1cnc(Nc2nc(N3CCCC3c3ccccn3)nc3ccsc23)c1.c1ccc(C2CCCC2)nc1. The molecule has 1 aliphatic heterocycles. The smallest absolute Gasteiger partial charge is 0.228 e. The first-order chi connectivity index (χ1) is 35.5. The molecule has 0 spiro atoms. The van der Waals surface area contributed by atoms with Crippen molar-refractivity contribution < 1.29 is 0 Å². The average molecular weight is 1090 g/mol. The number of thiophene rings is 3. The summed E-state index contributed by atoms with van der Waals surface area (Å²) >= 11 is 21.9. The molecule has 1 saturated carbocycles. The lowest BCUT2D eigenvalue weighted by atomic mass is 10.0. The summed E-state index contributed by atoms with van der Waals surface area (Å²) in [4.78, 5) is 49.3. The number of hydrogen-bond acceptors (Lipinski definition) is 18. The van der Waals surface area contributed by atoms with Gasteiger partial charge >= 0.3 is 0 Å². The Balaban J connectivity index is 0.000000122. The maximum atomic E-state index is 5.87. The summed E-state index contributed by atoms with van der Waals surface area (Å²) < 4.78 is 8.47. The topological polar surface area (TPSA) is 210 Å². The van der Waals surface area contributed by atoms with E-state index in [1.807, 2.05) is 108 Å². The van der Waals surface area contributed by atoms with Gasteiger partial charge < -0.3 is 35.0 Å². The van der Waals surface area contributed by atoms with Crippen LogP contribution in [0.1, 0.15) is 61.9 Å². The minimum absolute atomic E-state index is 0.195. The highest BCUT2D eigenvalue weighted by Gasteiger charge is 2.30. The molecule has 73 heavy (non-hydrogen) atoms. The molecule has 0 aromatic carbocycles. The van der Waals surface area contributed by atoms with Crippen LogP contribution in [0.5, 0.6) is 0 Å². The summed E-state index contributed by atoms with van der Waals surface area (Å²) in [6.45, 7) is 0.930. The Morgan fingerprint density at radius 2 is 1.08 bits per heavy atom. The summed E-state index contributed by atoms with van der Waals surface area (Å²) in [6, 6.07) is 18.3. The number of nitrogens with two attached hydrogens (primary N) is 1. The van der Waals surface area contributed by atoms with E-state index in [1.165, 1.54) is 42.7 Å². The quantitative estimate of drug-likeness (QED) is 0.100. The summed E-state index contributed by atoms with van der Waals surface area (Å²) in [5.74, 6) is 5.08. The Kier molecular flexibility index (Phi) is 16.9. The van der Waals surface area contributed by atoms with Crippen LogP contribution in [0.2, 0.25) is 15.7 Å². The number of fused-ring (bicyclic) bond motifs is 3. The van der Waals surface area contributed by atoms with Gasteiger partial charge in [0.05, 0.1) is 61.4 Å². The van der Waals surface area contributed by atoms with Crippen LogP contribution in [0, 0.1) is 0 Å². The van der Waals surface area contributed by atoms with E-state index in [4.69, 9.17) is 50.5 Å². The normalized spacial score (nSPS) is 14.2. The lowest BCUT2D eigenvalue weighted by Gasteiger charge is -2.24. The molecular formula is C49H49Cl3N18S3. The van der Waals surface area contributed by atoms with E-state index in [-0.39, 0.29) is 16.6 Å². The predicted octanol–water partition coefficient (Wildman–Crippen LogP) is 12.5. The molecule has 1 atom stereocenters. The van der Waals surface area contributed by atoms with Crippen LogP contribution in [0.4, 0.5) is 35.0 Å². The maximum absolute atomic E-state index is 5.87. The van der Waals surface area contributed by atoms with Crippen molar-refractivity contribution in [1.82, 2.24) is 68.5 Å². The number of halogens is 3. The molecule has 2 aliphatic rings. The third kappa shape index (κ3) is 13.4. The summed E-state index contributed by atoms with van der Waals surface area (Å²) in [6.07, 6.45) is 22.1.